The maximum atomic E-state index is 12.5. The molecule has 0 spiro atoms. The lowest BCUT2D eigenvalue weighted by molar-refractivity contribution is -0.124. The number of nitrogens with zero attached hydrogens (tertiary/aromatic N) is 1. The number of hydroxylamine groups is 1. The summed E-state index contributed by atoms with van der Waals surface area (Å²) in [5.41, 5.74) is 2.68. The summed E-state index contributed by atoms with van der Waals surface area (Å²) in [4.78, 5) is 11.1. The normalized spacial score (nSPS) is 11.4. The highest BCUT2D eigenvalue weighted by atomic mass is 32.2. The van der Waals surface area contributed by atoms with Crippen molar-refractivity contribution in [3.05, 3.63) is 66.2 Å². The van der Waals surface area contributed by atoms with Crippen LogP contribution in [0.1, 0.15) is 5.56 Å². The highest BCUT2D eigenvalue weighted by Gasteiger charge is 2.20. The van der Waals surface area contributed by atoms with Crippen LogP contribution in [0.15, 0.2) is 65.6 Å². The maximum absolute atomic E-state index is 12.5. The molecule has 0 bridgehead atoms. The second-order valence-corrected chi connectivity index (χ2v) is 6.66. The molecule has 0 aliphatic rings. The average molecular weight is 332 g/mol. The summed E-state index contributed by atoms with van der Waals surface area (Å²) >= 11 is 0. The molecule has 1 amide bonds. The van der Waals surface area contributed by atoms with E-state index in [2.05, 4.69) is 0 Å². The summed E-state index contributed by atoms with van der Waals surface area (Å²) in [7, 11) is -2.14. The number of carbonyl (C=O) groups is 1. The summed E-state index contributed by atoms with van der Waals surface area (Å²) in [5, 5.41) is 8.40. The molecule has 0 heterocycles. The van der Waals surface area contributed by atoms with Crippen molar-refractivity contribution in [2.75, 3.05) is 11.4 Å². The van der Waals surface area contributed by atoms with Gasteiger partial charge >= 0.3 is 0 Å². The number of amides is 1. The lowest BCUT2D eigenvalue weighted by Crippen LogP contribution is -2.26. The lowest BCUT2D eigenvalue weighted by Gasteiger charge is -2.19. The standard InChI is InChI=1S/C16H16N2O4S/c1-18(23(21,22)15-5-3-2-4-6-15)14-10-7-13(8-11-14)9-12-16(19)17-20/h2-12,20H,1H3,(H,17,19). The number of benzene rings is 2. The molecule has 0 saturated heterocycles. The monoisotopic (exact) mass is 332 g/mol. The van der Waals surface area contributed by atoms with Crippen molar-refractivity contribution in [3.63, 3.8) is 0 Å². The molecule has 7 heteroatoms. The number of anilines is 1. The number of hydrogen-bond donors (Lipinski definition) is 2. The highest BCUT2D eigenvalue weighted by Crippen LogP contribution is 2.22. The molecule has 0 aliphatic heterocycles. The van der Waals surface area contributed by atoms with Crippen molar-refractivity contribution >= 4 is 27.7 Å². The van der Waals surface area contributed by atoms with Crippen LogP contribution < -0.4 is 9.79 Å². The maximum Gasteiger partial charge on any atom is 0.267 e. The summed E-state index contributed by atoms with van der Waals surface area (Å²) in [6, 6.07) is 14.8. The van der Waals surface area contributed by atoms with Gasteiger partial charge in [0.25, 0.3) is 15.9 Å². The number of rotatable bonds is 5. The van der Waals surface area contributed by atoms with Gasteiger partial charge in [-0.2, -0.15) is 0 Å². The van der Waals surface area contributed by atoms with Gasteiger partial charge in [-0.15, -0.1) is 0 Å². The average Bonchev–Trinajstić information content (AvgIpc) is 2.60. The first-order valence-corrected chi connectivity index (χ1v) is 8.15. The van der Waals surface area contributed by atoms with Crippen LogP contribution in [-0.4, -0.2) is 26.6 Å². The van der Waals surface area contributed by atoms with Crippen molar-refractivity contribution in [1.82, 2.24) is 5.48 Å². The second-order valence-electron chi connectivity index (χ2n) is 4.69. The Morgan fingerprint density at radius 3 is 2.26 bits per heavy atom. The van der Waals surface area contributed by atoms with E-state index < -0.39 is 15.9 Å². The quantitative estimate of drug-likeness (QED) is 0.498. The van der Waals surface area contributed by atoms with Gasteiger partial charge in [-0.05, 0) is 35.9 Å². The first kappa shape index (κ1) is 16.7. The topological polar surface area (TPSA) is 86.7 Å². The van der Waals surface area contributed by atoms with Crippen molar-refractivity contribution in [2.45, 2.75) is 4.90 Å². The van der Waals surface area contributed by atoms with Gasteiger partial charge in [-0.3, -0.25) is 14.3 Å². The van der Waals surface area contributed by atoms with Crippen molar-refractivity contribution in [1.29, 1.82) is 0 Å². The van der Waals surface area contributed by atoms with E-state index in [1.807, 2.05) is 0 Å². The van der Waals surface area contributed by atoms with Crippen LogP contribution in [0.2, 0.25) is 0 Å². The smallest absolute Gasteiger partial charge is 0.267 e. The number of nitrogens with one attached hydrogen (secondary N) is 1. The van der Waals surface area contributed by atoms with E-state index in [4.69, 9.17) is 5.21 Å². The minimum absolute atomic E-state index is 0.214. The lowest BCUT2D eigenvalue weighted by atomic mass is 10.2. The van der Waals surface area contributed by atoms with Crippen LogP contribution in [0.25, 0.3) is 6.08 Å². The van der Waals surface area contributed by atoms with Gasteiger partial charge in [0.1, 0.15) is 0 Å². The fourth-order valence-electron chi connectivity index (χ4n) is 1.89. The molecule has 0 unspecified atom stereocenters. The molecule has 2 aromatic rings. The minimum atomic E-state index is -3.62. The van der Waals surface area contributed by atoms with Crippen LogP contribution in [0.5, 0.6) is 0 Å². The van der Waals surface area contributed by atoms with Gasteiger partial charge in [0, 0.05) is 13.1 Å². The fourth-order valence-corrected chi connectivity index (χ4v) is 3.11. The van der Waals surface area contributed by atoms with Gasteiger partial charge in [0.05, 0.1) is 10.6 Å². The van der Waals surface area contributed by atoms with E-state index in [-0.39, 0.29) is 4.90 Å². The molecule has 23 heavy (non-hydrogen) atoms. The van der Waals surface area contributed by atoms with Gasteiger partial charge in [-0.25, -0.2) is 13.9 Å². The van der Waals surface area contributed by atoms with Crippen LogP contribution >= 0.6 is 0 Å². The molecule has 0 atom stereocenters. The third kappa shape index (κ3) is 3.97. The summed E-state index contributed by atoms with van der Waals surface area (Å²) in [5.74, 6) is -0.641. The largest absolute Gasteiger partial charge is 0.288 e. The minimum Gasteiger partial charge on any atom is -0.288 e. The predicted molar refractivity (Wildman–Crippen MR) is 87.4 cm³/mol. The molecule has 2 rings (SSSR count). The molecule has 6 nitrogen and oxygen atoms in total. The molecule has 0 saturated carbocycles. The number of hydrogen-bond acceptors (Lipinski definition) is 4. The zero-order valence-corrected chi connectivity index (χ0v) is 13.2. The first-order chi connectivity index (χ1) is 10.9. The Hall–Kier alpha value is -2.64. The van der Waals surface area contributed by atoms with Gasteiger partial charge in [0.2, 0.25) is 0 Å². The summed E-state index contributed by atoms with van der Waals surface area (Å²) in [6.45, 7) is 0. The van der Waals surface area contributed by atoms with E-state index in [1.165, 1.54) is 41.1 Å². The van der Waals surface area contributed by atoms with E-state index in [1.54, 1.807) is 42.5 Å². The summed E-state index contributed by atoms with van der Waals surface area (Å²) in [6.07, 6.45) is 2.67. The molecule has 0 aliphatic carbocycles. The van der Waals surface area contributed by atoms with Crippen molar-refractivity contribution < 1.29 is 18.4 Å². The van der Waals surface area contributed by atoms with Crippen LogP contribution in [0.4, 0.5) is 5.69 Å². The highest BCUT2D eigenvalue weighted by molar-refractivity contribution is 7.92. The fraction of sp³-hybridized carbons (Fsp3) is 0.0625. The zero-order valence-electron chi connectivity index (χ0n) is 12.4. The molecular formula is C16H16N2O4S. The van der Waals surface area contributed by atoms with Gasteiger partial charge in [0.15, 0.2) is 0 Å². The number of carbonyl (C=O) groups excluding carboxylic acids is 1. The van der Waals surface area contributed by atoms with Crippen LogP contribution in [-0.2, 0) is 14.8 Å². The SMILES string of the molecule is CN(c1ccc(C=CC(=O)NO)cc1)S(=O)(=O)c1ccccc1. The molecule has 0 fully saturated rings. The van der Waals surface area contributed by atoms with Crippen LogP contribution in [0, 0.1) is 0 Å². The third-order valence-electron chi connectivity index (χ3n) is 3.20. The molecular weight excluding hydrogens is 316 g/mol. The molecule has 120 valence electrons. The Morgan fingerprint density at radius 2 is 1.70 bits per heavy atom. The van der Waals surface area contributed by atoms with Crippen LogP contribution in [0.3, 0.4) is 0 Å². The first-order valence-electron chi connectivity index (χ1n) is 6.71. The zero-order chi connectivity index (χ0) is 16.9. The number of sulfonamides is 1. The Bertz CT molecular complexity index is 800. The second kappa shape index (κ2) is 7.08. The van der Waals surface area contributed by atoms with E-state index in [9.17, 15) is 13.2 Å². The summed E-state index contributed by atoms with van der Waals surface area (Å²) < 4.78 is 26.2. The van der Waals surface area contributed by atoms with Crippen molar-refractivity contribution in [3.8, 4) is 0 Å². The Kier molecular flexibility index (Phi) is 5.15. The Labute approximate surface area is 134 Å². The Morgan fingerprint density at radius 1 is 1.09 bits per heavy atom. The van der Waals surface area contributed by atoms with Gasteiger partial charge < -0.3 is 0 Å². The molecule has 2 N–H and O–H groups in total. The van der Waals surface area contributed by atoms with Gasteiger partial charge in [-0.1, -0.05) is 30.3 Å². The molecule has 0 radical (unpaired) electrons. The van der Waals surface area contributed by atoms with Crippen molar-refractivity contribution in [2.24, 2.45) is 0 Å². The van der Waals surface area contributed by atoms with E-state index in [0.717, 1.165) is 0 Å². The molecule has 2 aromatic carbocycles. The van der Waals surface area contributed by atoms with E-state index >= 15 is 0 Å². The molecule has 0 aromatic heterocycles. The van der Waals surface area contributed by atoms with E-state index in [0.29, 0.717) is 11.3 Å². The third-order valence-corrected chi connectivity index (χ3v) is 5.00. The predicted octanol–water partition coefficient (Wildman–Crippen LogP) is 2.03. The Balaban J connectivity index is 2.22.